The SMILES string of the molecule is CCCCC/C=C\C/C=C\CCCCCCCCCCCC(=O)OCCCCCC/C=C\CCCCCCCCCC(=O)NC(CO)C(O)/C=C/CCCCCCCCCCCCCC. The molecule has 0 bridgehead atoms. The van der Waals surface area contributed by atoms with Crippen LogP contribution in [0.15, 0.2) is 48.6 Å². The lowest BCUT2D eigenvalue weighted by Crippen LogP contribution is -2.45. The molecule has 0 saturated carbocycles. The third-order valence-corrected chi connectivity index (χ3v) is 12.8. The van der Waals surface area contributed by atoms with Gasteiger partial charge in [-0.1, -0.05) is 236 Å². The molecular weight excluding hydrogens is 803 g/mol. The number of esters is 1. The molecule has 0 fully saturated rings. The predicted molar refractivity (Wildman–Crippen MR) is 282 cm³/mol. The van der Waals surface area contributed by atoms with Gasteiger partial charge in [-0.3, -0.25) is 9.59 Å². The summed E-state index contributed by atoms with van der Waals surface area (Å²) in [5.41, 5.74) is 0. The number of unbranched alkanes of at least 4 members (excludes halogenated alkanes) is 35. The van der Waals surface area contributed by atoms with Crippen LogP contribution in [0, 0.1) is 0 Å². The van der Waals surface area contributed by atoms with Crippen LogP contribution in [0.3, 0.4) is 0 Å². The van der Waals surface area contributed by atoms with Crippen LogP contribution in [-0.4, -0.2) is 47.4 Å². The van der Waals surface area contributed by atoms with Crippen molar-refractivity contribution in [3.8, 4) is 0 Å². The maximum absolute atomic E-state index is 12.4. The molecule has 0 aromatic rings. The molecule has 0 rings (SSSR count). The summed E-state index contributed by atoms with van der Waals surface area (Å²) >= 11 is 0. The first-order valence-electron chi connectivity index (χ1n) is 28.4. The summed E-state index contributed by atoms with van der Waals surface area (Å²) in [6.45, 7) is 4.84. The third kappa shape index (κ3) is 51.1. The highest BCUT2D eigenvalue weighted by atomic mass is 16.5. The smallest absolute Gasteiger partial charge is 0.305 e. The molecule has 0 radical (unpaired) electrons. The molecule has 65 heavy (non-hydrogen) atoms. The second kappa shape index (κ2) is 54.4. The van der Waals surface area contributed by atoms with Gasteiger partial charge in [0.15, 0.2) is 0 Å². The number of carbonyl (C=O) groups excluding carboxylic acids is 2. The normalized spacial score (nSPS) is 13.0. The molecule has 3 N–H and O–H groups in total. The molecule has 0 aromatic carbocycles. The van der Waals surface area contributed by atoms with Gasteiger partial charge in [0.05, 0.1) is 25.4 Å². The van der Waals surface area contributed by atoms with Crippen LogP contribution >= 0.6 is 0 Å². The molecule has 380 valence electrons. The first-order chi connectivity index (χ1) is 32.0. The van der Waals surface area contributed by atoms with Crippen molar-refractivity contribution in [3.05, 3.63) is 48.6 Å². The summed E-state index contributed by atoms with van der Waals surface area (Å²) in [5, 5.41) is 23.1. The van der Waals surface area contributed by atoms with E-state index >= 15 is 0 Å². The number of aliphatic hydroxyl groups excluding tert-OH is 2. The van der Waals surface area contributed by atoms with Crippen molar-refractivity contribution in [1.29, 1.82) is 0 Å². The van der Waals surface area contributed by atoms with E-state index in [4.69, 9.17) is 4.74 Å². The number of aliphatic hydroxyl groups is 2. The number of hydrogen-bond donors (Lipinski definition) is 3. The molecule has 0 aromatic heterocycles. The van der Waals surface area contributed by atoms with Gasteiger partial charge in [0.2, 0.25) is 5.91 Å². The van der Waals surface area contributed by atoms with Crippen LogP contribution in [0.4, 0.5) is 0 Å². The molecule has 0 aliphatic heterocycles. The Morgan fingerprint density at radius 1 is 0.431 bits per heavy atom. The van der Waals surface area contributed by atoms with Crippen molar-refractivity contribution in [2.75, 3.05) is 13.2 Å². The van der Waals surface area contributed by atoms with Crippen molar-refractivity contribution in [2.24, 2.45) is 0 Å². The molecule has 2 unspecified atom stereocenters. The van der Waals surface area contributed by atoms with Crippen LogP contribution in [0.5, 0.6) is 0 Å². The topological polar surface area (TPSA) is 95.9 Å². The average Bonchev–Trinajstić information content (AvgIpc) is 3.31. The molecule has 6 nitrogen and oxygen atoms in total. The number of amides is 1. The quantitative estimate of drug-likeness (QED) is 0.0321. The minimum absolute atomic E-state index is 0.0156. The third-order valence-electron chi connectivity index (χ3n) is 12.8. The van der Waals surface area contributed by atoms with E-state index in [9.17, 15) is 19.8 Å². The Kier molecular flexibility index (Phi) is 52.6. The fraction of sp³-hybridized carbons (Fsp3) is 0.831. The largest absolute Gasteiger partial charge is 0.466 e. The molecule has 1 amide bonds. The minimum atomic E-state index is -0.855. The maximum Gasteiger partial charge on any atom is 0.305 e. The van der Waals surface area contributed by atoms with Crippen molar-refractivity contribution >= 4 is 11.9 Å². The fourth-order valence-electron chi connectivity index (χ4n) is 8.42. The van der Waals surface area contributed by atoms with E-state index < -0.39 is 12.1 Å². The van der Waals surface area contributed by atoms with Crippen LogP contribution < -0.4 is 5.32 Å². The van der Waals surface area contributed by atoms with Crippen LogP contribution in [0.25, 0.3) is 0 Å². The Morgan fingerprint density at radius 3 is 1.22 bits per heavy atom. The van der Waals surface area contributed by atoms with Gasteiger partial charge in [-0.15, -0.1) is 0 Å². The lowest BCUT2D eigenvalue weighted by Gasteiger charge is -2.20. The summed E-state index contributed by atoms with van der Waals surface area (Å²) < 4.78 is 5.47. The van der Waals surface area contributed by atoms with Crippen molar-refractivity contribution in [3.63, 3.8) is 0 Å². The number of rotatable bonds is 52. The van der Waals surface area contributed by atoms with E-state index in [0.29, 0.717) is 19.4 Å². The van der Waals surface area contributed by atoms with Gasteiger partial charge in [-0.2, -0.15) is 0 Å². The highest BCUT2D eigenvalue weighted by molar-refractivity contribution is 5.76. The molecule has 0 aliphatic rings. The maximum atomic E-state index is 12.4. The number of allylic oxidation sites excluding steroid dienone is 7. The molecular formula is C59H109NO5. The Hall–Kier alpha value is -2.18. The van der Waals surface area contributed by atoms with Gasteiger partial charge >= 0.3 is 5.97 Å². The van der Waals surface area contributed by atoms with Gasteiger partial charge in [0.1, 0.15) is 0 Å². The predicted octanol–water partition coefficient (Wildman–Crippen LogP) is 17.4. The molecule has 0 saturated heterocycles. The van der Waals surface area contributed by atoms with Crippen LogP contribution in [0.2, 0.25) is 0 Å². The minimum Gasteiger partial charge on any atom is -0.466 e. The van der Waals surface area contributed by atoms with E-state index in [2.05, 4.69) is 55.6 Å². The van der Waals surface area contributed by atoms with Crippen molar-refractivity contribution < 1.29 is 24.5 Å². The highest BCUT2D eigenvalue weighted by Crippen LogP contribution is 2.15. The summed E-state index contributed by atoms with van der Waals surface area (Å²) in [4.78, 5) is 24.5. The van der Waals surface area contributed by atoms with Gasteiger partial charge in [0.25, 0.3) is 0 Å². The summed E-state index contributed by atoms with van der Waals surface area (Å²) in [6, 6.07) is -0.640. The highest BCUT2D eigenvalue weighted by Gasteiger charge is 2.18. The van der Waals surface area contributed by atoms with Crippen LogP contribution in [0.1, 0.15) is 290 Å². The first-order valence-corrected chi connectivity index (χ1v) is 28.4. The molecule has 6 heteroatoms. The fourth-order valence-corrected chi connectivity index (χ4v) is 8.42. The zero-order valence-corrected chi connectivity index (χ0v) is 43.2. The van der Waals surface area contributed by atoms with Crippen LogP contribution in [-0.2, 0) is 14.3 Å². The van der Waals surface area contributed by atoms with E-state index in [0.717, 1.165) is 77.0 Å². The monoisotopic (exact) mass is 912 g/mol. The number of carbonyl (C=O) groups is 2. The van der Waals surface area contributed by atoms with Gasteiger partial charge < -0.3 is 20.3 Å². The van der Waals surface area contributed by atoms with Gasteiger partial charge in [0, 0.05) is 12.8 Å². The second-order valence-corrected chi connectivity index (χ2v) is 19.3. The first kappa shape index (κ1) is 62.8. The summed E-state index contributed by atoms with van der Waals surface area (Å²) in [5.74, 6) is -0.0995. The standard InChI is InChI=1S/C59H109NO5/c1-3-5-7-9-11-13-15-17-19-20-21-22-25-29-33-37-41-45-49-53-59(64)65-54-50-46-42-38-34-30-26-23-24-28-32-36-40-44-48-52-58(63)60-56(55-61)57(62)51-47-43-39-35-31-27-18-16-14-12-10-8-6-4-2/h11,13,17,19,26,30,47,51,56-57,61-62H,3-10,12,14-16,18,20-25,27-29,31-46,48-50,52-55H2,1-2H3,(H,60,63)/b13-11-,19-17-,30-26-,51-47+. The van der Waals surface area contributed by atoms with Gasteiger partial charge in [-0.05, 0) is 89.9 Å². The average molecular weight is 913 g/mol. The Labute approximate surface area is 404 Å². The van der Waals surface area contributed by atoms with E-state index in [1.165, 1.54) is 186 Å². The Bertz CT molecular complexity index is 1100. The van der Waals surface area contributed by atoms with E-state index in [1.54, 1.807) is 6.08 Å². The second-order valence-electron chi connectivity index (χ2n) is 19.3. The molecule has 0 aliphatic carbocycles. The molecule has 0 heterocycles. The zero-order chi connectivity index (χ0) is 47.2. The van der Waals surface area contributed by atoms with Crippen molar-refractivity contribution in [2.45, 2.75) is 302 Å². The number of ether oxygens (including phenoxy) is 1. The molecule has 2 atom stereocenters. The lowest BCUT2D eigenvalue weighted by atomic mass is 10.0. The zero-order valence-electron chi connectivity index (χ0n) is 43.2. The van der Waals surface area contributed by atoms with E-state index in [-0.39, 0.29) is 18.5 Å². The Balaban J connectivity index is 3.49. The number of nitrogens with one attached hydrogen (secondary N) is 1. The summed E-state index contributed by atoms with van der Waals surface area (Å²) in [7, 11) is 0. The molecule has 0 spiro atoms. The summed E-state index contributed by atoms with van der Waals surface area (Å²) in [6.07, 6.45) is 68.4. The number of hydrogen-bond acceptors (Lipinski definition) is 5. The van der Waals surface area contributed by atoms with Gasteiger partial charge in [-0.25, -0.2) is 0 Å². The van der Waals surface area contributed by atoms with E-state index in [1.807, 2.05) is 6.08 Å². The van der Waals surface area contributed by atoms with Crippen molar-refractivity contribution in [1.82, 2.24) is 5.32 Å². The lowest BCUT2D eigenvalue weighted by molar-refractivity contribution is -0.143. The Morgan fingerprint density at radius 2 is 0.769 bits per heavy atom.